The summed E-state index contributed by atoms with van der Waals surface area (Å²) in [7, 11) is -1.97. The zero-order chi connectivity index (χ0) is 20.2. The maximum Gasteiger partial charge on any atom is 0.227 e. The number of halogens is 1. The minimum absolute atomic E-state index is 0.131. The predicted octanol–water partition coefficient (Wildman–Crippen LogP) is 3.30. The Kier molecular flexibility index (Phi) is 6.86. The van der Waals surface area contributed by atoms with Gasteiger partial charge >= 0.3 is 0 Å². The summed E-state index contributed by atoms with van der Waals surface area (Å²) in [4.78, 5) is 12.4. The molecule has 8 heteroatoms. The summed E-state index contributed by atoms with van der Waals surface area (Å²) in [6, 6.07) is 4.32. The lowest BCUT2D eigenvalue weighted by atomic mass is 9.81. The molecular weight excluding hydrogens is 371 g/mol. The van der Waals surface area contributed by atoms with E-state index in [0.29, 0.717) is 25.1 Å². The SMILES string of the molecule is COc1ccc(NC(=O)C2CCC(CNS(=O)(=O)C(C)(C)C)CC2)cc1F. The second-order valence-corrected chi connectivity index (χ2v) is 10.5. The van der Waals surface area contributed by atoms with Crippen LogP contribution in [0.2, 0.25) is 0 Å². The molecule has 1 saturated carbocycles. The molecule has 1 aromatic carbocycles. The number of nitrogens with one attached hydrogen (secondary N) is 2. The second-order valence-electron chi connectivity index (χ2n) is 8.02. The third-order valence-corrected chi connectivity index (χ3v) is 7.16. The van der Waals surface area contributed by atoms with Gasteiger partial charge < -0.3 is 10.1 Å². The lowest BCUT2D eigenvalue weighted by molar-refractivity contribution is -0.121. The highest BCUT2D eigenvalue weighted by Gasteiger charge is 2.31. The molecule has 0 heterocycles. The van der Waals surface area contributed by atoms with E-state index in [-0.39, 0.29) is 23.5 Å². The van der Waals surface area contributed by atoms with Crippen molar-refractivity contribution >= 4 is 21.6 Å². The Balaban J connectivity index is 1.83. The van der Waals surface area contributed by atoms with Crippen LogP contribution in [0.15, 0.2) is 18.2 Å². The number of anilines is 1. The largest absolute Gasteiger partial charge is 0.494 e. The first-order chi connectivity index (χ1) is 12.5. The highest BCUT2D eigenvalue weighted by molar-refractivity contribution is 7.90. The van der Waals surface area contributed by atoms with Crippen LogP contribution >= 0.6 is 0 Å². The lowest BCUT2D eigenvalue weighted by Gasteiger charge is -2.29. The van der Waals surface area contributed by atoms with Gasteiger partial charge in [-0.2, -0.15) is 0 Å². The summed E-state index contributed by atoms with van der Waals surface area (Å²) >= 11 is 0. The fourth-order valence-electron chi connectivity index (χ4n) is 3.06. The summed E-state index contributed by atoms with van der Waals surface area (Å²) in [5, 5.41) is 2.75. The maximum absolute atomic E-state index is 13.7. The number of methoxy groups -OCH3 is 1. The molecule has 2 N–H and O–H groups in total. The molecule has 0 bridgehead atoms. The number of ether oxygens (including phenoxy) is 1. The smallest absolute Gasteiger partial charge is 0.227 e. The van der Waals surface area contributed by atoms with Gasteiger partial charge in [-0.15, -0.1) is 0 Å². The molecule has 152 valence electrons. The number of sulfonamides is 1. The molecule has 1 amide bonds. The van der Waals surface area contributed by atoms with Gasteiger partial charge in [-0.05, 0) is 64.5 Å². The van der Waals surface area contributed by atoms with Crippen LogP contribution in [-0.4, -0.2) is 32.7 Å². The molecule has 1 aliphatic carbocycles. The van der Waals surface area contributed by atoms with Gasteiger partial charge in [-0.3, -0.25) is 4.79 Å². The van der Waals surface area contributed by atoms with E-state index in [9.17, 15) is 17.6 Å². The molecule has 2 rings (SSSR count). The Labute approximate surface area is 160 Å². The zero-order valence-corrected chi connectivity index (χ0v) is 17.2. The number of carbonyl (C=O) groups excluding carboxylic acids is 1. The van der Waals surface area contributed by atoms with Crippen molar-refractivity contribution in [2.45, 2.75) is 51.2 Å². The van der Waals surface area contributed by atoms with Gasteiger partial charge in [0.05, 0.1) is 11.9 Å². The van der Waals surface area contributed by atoms with Crippen molar-refractivity contribution in [1.29, 1.82) is 0 Å². The molecule has 0 unspecified atom stereocenters. The molecule has 0 radical (unpaired) electrons. The first-order valence-corrected chi connectivity index (χ1v) is 10.7. The van der Waals surface area contributed by atoms with Gasteiger partial charge in [-0.1, -0.05) is 0 Å². The molecule has 1 fully saturated rings. The number of hydrogen-bond acceptors (Lipinski definition) is 4. The number of carbonyl (C=O) groups is 1. The fraction of sp³-hybridized carbons (Fsp3) is 0.632. The van der Waals surface area contributed by atoms with Gasteiger partial charge in [0.1, 0.15) is 0 Å². The summed E-state index contributed by atoms with van der Waals surface area (Å²) in [6.07, 6.45) is 2.93. The first kappa shape index (κ1) is 21.6. The molecule has 0 aliphatic heterocycles. The lowest BCUT2D eigenvalue weighted by Crippen LogP contribution is -2.42. The maximum atomic E-state index is 13.7. The molecule has 0 saturated heterocycles. The standard InChI is InChI=1S/C19H29FN2O4S/c1-19(2,3)27(24,25)21-12-13-5-7-14(8-6-13)18(23)22-15-9-10-17(26-4)16(20)11-15/h9-11,13-14,21H,5-8,12H2,1-4H3,(H,22,23). The average Bonchev–Trinajstić information content (AvgIpc) is 2.59. The van der Waals surface area contributed by atoms with E-state index in [2.05, 4.69) is 10.0 Å². The normalized spacial score (nSPS) is 20.9. The Morgan fingerprint density at radius 1 is 1.22 bits per heavy atom. The van der Waals surface area contributed by atoms with Crippen LogP contribution in [0.3, 0.4) is 0 Å². The fourth-order valence-corrected chi connectivity index (χ4v) is 3.95. The Morgan fingerprint density at radius 3 is 2.37 bits per heavy atom. The van der Waals surface area contributed by atoms with Crippen molar-refractivity contribution in [2.75, 3.05) is 19.0 Å². The predicted molar refractivity (Wildman–Crippen MR) is 104 cm³/mol. The molecule has 6 nitrogen and oxygen atoms in total. The van der Waals surface area contributed by atoms with Crippen LogP contribution in [0.4, 0.5) is 10.1 Å². The number of hydrogen-bond donors (Lipinski definition) is 2. The van der Waals surface area contributed by atoms with Crippen molar-refractivity contribution in [3.05, 3.63) is 24.0 Å². The van der Waals surface area contributed by atoms with E-state index in [4.69, 9.17) is 4.74 Å². The summed E-state index contributed by atoms with van der Waals surface area (Å²) < 4.78 is 44.7. The third kappa shape index (κ3) is 5.65. The van der Waals surface area contributed by atoms with Crippen molar-refractivity contribution < 1.29 is 22.3 Å². The van der Waals surface area contributed by atoms with Gasteiger partial charge in [-0.25, -0.2) is 17.5 Å². The average molecular weight is 401 g/mol. The molecule has 1 aromatic rings. The molecule has 1 aliphatic rings. The van der Waals surface area contributed by atoms with Crippen LogP contribution in [0.5, 0.6) is 5.75 Å². The first-order valence-electron chi connectivity index (χ1n) is 9.17. The zero-order valence-electron chi connectivity index (χ0n) is 16.3. The topological polar surface area (TPSA) is 84.5 Å². The van der Waals surface area contributed by atoms with Crippen molar-refractivity contribution in [3.63, 3.8) is 0 Å². The molecular formula is C19H29FN2O4S. The van der Waals surface area contributed by atoms with Crippen molar-refractivity contribution in [1.82, 2.24) is 4.72 Å². The van der Waals surface area contributed by atoms with Crippen LogP contribution < -0.4 is 14.8 Å². The molecule has 0 atom stereocenters. The summed E-state index contributed by atoms with van der Waals surface area (Å²) in [5.74, 6) is -0.445. The Bertz CT molecular complexity index is 766. The van der Waals surface area contributed by atoms with Crippen molar-refractivity contribution in [2.24, 2.45) is 11.8 Å². The van der Waals surface area contributed by atoms with Crippen molar-refractivity contribution in [3.8, 4) is 5.75 Å². The Hall–Kier alpha value is -1.67. The second kappa shape index (κ2) is 8.56. The van der Waals surface area contributed by atoms with E-state index in [1.807, 2.05) is 0 Å². The molecule has 0 spiro atoms. The number of amides is 1. The minimum Gasteiger partial charge on any atom is -0.494 e. The third-order valence-electron chi connectivity index (χ3n) is 5.01. The van der Waals surface area contributed by atoms with E-state index in [0.717, 1.165) is 12.8 Å². The van der Waals surface area contributed by atoms with Gasteiger partial charge in [0, 0.05) is 24.2 Å². The van der Waals surface area contributed by atoms with E-state index in [1.165, 1.54) is 19.2 Å². The number of rotatable bonds is 6. The van der Waals surface area contributed by atoms with E-state index < -0.39 is 20.6 Å². The van der Waals surface area contributed by atoms with E-state index in [1.54, 1.807) is 26.8 Å². The van der Waals surface area contributed by atoms with E-state index >= 15 is 0 Å². The quantitative estimate of drug-likeness (QED) is 0.767. The summed E-state index contributed by atoms with van der Waals surface area (Å²) in [5.41, 5.74) is 0.401. The highest BCUT2D eigenvalue weighted by atomic mass is 32.2. The minimum atomic E-state index is -3.35. The van der Waals surface area contributed by atoms with Crippen LogP contribution in [-0.2, 0) is 14.8 Å². The monoisotopic (exact) mass is 400 g/mol. The van der Waals surface area contributed by atoms with Gasteiger partial charge in [0.15, 0.2) is 11.6 Å². The molecule has 27 heavy (non-hydrogen) atoms. The summed E-state index contributed by atoms with van der Waals surface area (Å²) in [6.45, 7) is 5.40. The van der Waals surface area contributed by atoms with Crippen LogP contribution in [0.1, 0.15) is 46.5 Å². The highest BCUT2D eigenvalue weighted by Crippen LogP contribution is 2.30. The van der Waals surface area contributed by atoms with Crippen LogP contribution in [0, 0.1) is 17.7 Å². The number of benzene rings is 1. The van der Waals surface area contributed by atoms with Gasteiger partial charge in [0.25, 0.3) is 0 Å². The van der Waals surface area contributed by atoms with Gasteiger partial charge in [0.2, 0.25) is 15.9 Å². The van der Waals surface area contributed by atoms with Crippen LogP contribution in [0.25, 0.3) is 0 Å². The Morgan fingerprint density at radius 2 is 1.85 bits per heavy atom. The molecule has 0 aromatic heterocycles.